The number of hydrogen-bond donors (Lipinski definition) is 1. The molecule has 1 aliphatic heterocycles. The molecule has 8 heteroatoms. The molecular weight excluding hydrogens is 481 g/mol. The lowest BCUT2D eigenvalue weighted by Gasteiger charge is -2.33. The van der Waals surface area contributed by atoms with E-state index in [1.165, 1.54) is 4.90 Å². The summed E-state index contributed by atoms with van der Waals surface area (Å²) < 4.78 is 39.8. The normalized spacial score (nSPS) is 18.0. The molecule has 0 amide bonds. The zero-order chi connectivity index (χ0) is 15.6. The minimum absolute atomic E-state index is 0.184. The molecule has 0 radical (unpaired) electrons. The Balaban J connectivity index is 1.92. The Bertz CT molecular complexity index is 477. The van der Waals surface area contributed by atoms with Crippen LogP contribution in [0, 0.1) is 0 Å². The van der Waals surface area contributed by atoms with Crippen molar-refractivity contribution >= 4 is 53.5 Å². The molecule has 1 aromatic carbocycles. The van der Waals surface area contributed by atoms with Gasteiger partial charge in [0.2, 0.25) is 0 Å². The van der Waals surface area contributed by atoms with Gasteiger partial charge in [0.15, 0.2) is 0 Å². The van der Waals surface area contributed by atoms with Crippen molar-refractivity contribution in [2.75, 3.05) is 25.0 Å². The van der Waals surface area contributed by atoms with Gasteiger partial charge in [-0.2, -0.15) is 13.2 Å². The Hall–Kier alpha value is 0.210. The summed E-state index contributed by atoms with van der Waals surface area (Å²) >= 11 is 10.4. The first-order chi connectivity index (χ1) is 9.74. The second-order valence-electron chi connectivity index (χ2n) is 5.05. The Morgan fingerprint density at radius 1 is 1.10 bits per heavy atom. The predicted molar refractivity (Wildman–Crippen MR) is 88.7 cm³/mol. The van der Waals surface area contributed by atoms with Crippen molar-refractivity contribution in [3.63, 3.8) is 0 Å². The summed E-state index contributed by atoms with van der Waals surface area (Å²) in [5, 5.41) is 3.41. The van der Waals surface area contributed by atoms with Gasteiger partial charge in [0, 0.05) is 32.5 Å². The number of rotatable bonds is 3. The van der Waals surface area contributed by atoms with Gasteiger partial charge >= 0.3 is 6.18 Å². The van der Waals surface area contributed by atoms with Crippen LogP contribution in [0.4, 0.5) is 18.9 Å². The number of benzene rings is 1. The van der Waals surface area contributed by atoms with E-state index in [1.54, 1.807) is 0 Å². The van der Waals surface area contributed by atoms with E-state index in [9.17, 15) is 13.2 Å². The third-order valence-electron chi connectivity index (χ3n) is 3.35. The summed E-state index contributed by atoms with van der Waals surface area (Å²) in [6, 6.07) is 4.06. The first-order valence-corrected chi connectivity index (χ1v) is 8.82. The molecule has 0 bridgehead atoms. The molecule has 0 saturated carbocycles. The molecule has 2 rings (SSSR count). The van der Waals surface area contributed by atoms with Crippen LogP contribution in [-0.2, 0) is 0 Å². The van der Waals surface area contributed by atoms with Gasteiger partial charge in [0.25, 0.3) is 0 Å². The highest BCUT2D eigenvalue weighted by molar-refractivity contribution is 9.11. The molecule has 1 saturated heterocycles. The highest BCUT2D eigenvalue weighted by atomic mass is 79.9. The smallest absolute Gasteiger partial charge is 0.380 e. The quantitative estimate of drug-likeness (QED) is 0.604. The predicted octanol–water partition coefficient (Wildman–Crippen LogP) is 5.41. The van der Waals surface area contributed by atoms with Crippen LogP contribution >= 0.6 is 47.8 Å². The summed E-state index contributed by atoms with van der Waals surface area (Å²) in [6.45, 7) is 0.108. The lowest BCUT2D eigenvalue weighted by atomic mass is 10.0. The first-order valence-electron chi connectivity index (χ1n) is 6.45. The fraction of sp³-hybridized carbons (Fsp3) is 0.538. The standard InChI is InChI=1S/C13H14Br3F3N2/c14-8-5-10(15)12(11(16)6-8)20-9-1-3-21(4-2-9)7-13(17,18)19/h5-6,9,20H,1-4,7H2. The molecule has 1 aromatic rings. The third kappa shape index (κ3) is 5.41. The van der Waals surface area contributed by atoms with Crippen LogP contribution in [0.2, 0.25) is 0 Å². The van der Waals surface area contributed by atoms with Crippen LogP contribution in [0.3, 0.4) is 0 Å². The molecule has 1 aliphatic rings. The lowest BCUT2D eigenvalue weighted by molar-refractivity contribution is -0.147. The molecule has 118 valence electrons. The van der Waals surface area contributed by atoms with Gasteiger partial charge in [0.05, 0.1) is 12.2 Å². The number of anilines is 1. The summed E-state index contributed by atoms with van der Waals surface area (Å²) in [5.74, 6) is 0. The third-order valence-corrected chi connectivity index (χ3v) is 5.05. The van der Waals surface area contributed by atoms with Crippen LogP contribution in [0.25, 0.3) is 0 Å². The van der Waals surface area contributed by atoms with E-state index in [4.69, 9.17) is 0 Å². The van der Waals surface area contributed by atoms with Gasteiger partial charge in [-0.15, -0.1) is 0 Å². The molecule has 0 atom stereocenters. The number of nitrogens with zero attached hydrogens (tertiary/aromatic N) is 1. The van der Waals surface area contributed by atoms with E-state index in [-0.39, 0.29) is 6.04 Å². The molecule has 1 heterocycles. The maximum atomic E-state index is 12.4. The van der Waals surface area contributed by atoms with Crippen LogP contribution in [-0.4, -0.2) is 36.8 Å². The SMILES string of the molecule is FC(F)(F)CN1CCC(Nc2c(Br)cc(Br)cc2Br)CC1. The fourth-order valence-corrected chi connectivity index (χ4v) is 4.86. The van der Waals surface area contributed by atoms with E-state index >= 15 is 0 Å². The van der Waals surface area contributed by atoms with E-state index < -0.39 is 12.7 Å². The summed E-state index contributed by atoms with van der Waals surface area (Å²) in [6.07, 6.45) is -2.71. The van der Waals surface area contributed by atoms with Crippen molar-refractivity contribution < 1.29 is 13.2 Å². The summed E-state index contributed by atoms with van der Waals surface area (Å²) in [7, 11) is 0. The Morgan fingerprint density at radius 3 is 2.10 bits per heavy atom. The van der Waals surface area contributed by atoms with Crippen LogP contribution in [0.5, 0.6) is 0 Å². The second-order valence-corrected chi connectivity index (χ2v) is 7.68. The minimum atomic E-state index is -4.11. The second kappa shape index (κ2) is 7.19. The van der Waals surface area contributed by atoms with Gasteiger partial charge in [0.1, 0.15) is 0 Å². The number of piperidine rings is 1. The Morgan fingerprint density at radius 2 is 1.62 bits per heavy atom. The molecule has 0 spiro atoms. The lowest BCUT2D eigenvalue weighted by Crippen LogP contribution is -2.43. The highest BCUT2D eigenvalue weighted by Crippen LogP contribution is 2.35. The molecule has 21 heavy (non-hydrogen) atoms. The largest absolute Gasteiger partial charge is 0.401 e. The number of likely N-dealkylation sites (tertiary alicyclic amines) is 1. The van der Waals surface area contributed by atoms with Crippen molar-refractivity contribution in [1.82, 2.24) is 4.90 Å². The van der Waals surface area contributed by atoms with E-state index in [1.807, 2.05) is 12.1 Å². The van der Waals surface area contributed by atoms with Crippen LogP contribution in [0.1, 0.15) is 12.8 Å². The van der Waals surface area contributed by atoms with E-state index in [0.717, 1.165) is 19.1 Å². The van der Waals surface area contributed by atoms with Gasteiger partial charge in [-0.05, 0) is 56.8 Å². The molecule has 0 aromatic heterocycles. The molecule has 1 N–H and O–H groups in total. The Labute approximate surface area is 146 Å². The van der Waals surface area contributed by atoms with Gasteiger partial charge in [-0.25, -0.2) is 0 Å². The highest BCUT2D eigenvalue weighted by Gasteiger charge is 2.32. The number of nitrogens with one attached hydrogen (secondary N) is 1. The minimum Gasteiger partial charge on any atom is -0.380 e. The zero-order valence-corrected chi connectivity index (χ0v) is 15.7. The topological polar surface area (TPSA) is 15.3 Å². The summed E-state index contributed by atoms with van der Waals surface area (Å²) in [4.78, 5) is 1.46. The molecule has 0 aliphatic carbocycles. The van der Waals surface area contributed by atoms with E-state index in [0.29, 0.717) is 25.9 Å². The van der Waals surface area contributed by atoms with Crippen molar-refractivity contribution in [2.45, 2.75) is 25.1 Å². The number of alkyl halides is 3. The van der Waals surface area contributed by atoms with Gasteiger partial charge in [-0.3, -0.25) is 4.90 Å². The summed E-state index contributed by atoms with van der Waals surface area (Å²) in [5.41, 5.74) is 0.937. The number of halogens is 6. The zero-order valence-electron chi connectivity index (χ0n) is 11.0. The fourth-order valence-electron chi connectivity index (χ4n) is 2.37. The maximum absolute atomic E-state index is 12.4. The van der Waals surface area contributed by atoms with E-state index in [2.05, 4.69) is 53.1 Å². The van der Waals surface area contributed by atoms with Crippen LogP contribution in [0.15, 0.2) is 25.6 Å². The van der Waals surface area contributed by atoms with Crippen LogP contribution < -0.4 is 5.32 Å². The van der Waals surface area contributed by atoms with Crippen molar-refractivity contribution in [2.24, 2.45) is 0 Å². The van der Waals surface area contributed by atoms with Gasteiger partial charge in [-0.1, -0.05) is 15.9 Å². The molecule has 0 unspecified atom stereocenters. The Kier molecular flexibility index (Phi) is 6.01. The first kappa shape index (κ1) is 17.6. The average Bonchev–Trinajstić information content (AvgIpc) is 2.34. The van der Waals surface area contributed by atoms with Crippen molar-refractivity contribution in [3.05, 3.63) is 25.6 Å². The molecular formula is C13H14Br3F3N2. The molecule has 1 fully saturated rings. The van der Waals surface area contributed by atoms with Crippen molar-refractivity contribution in [1.29, 1.82) is 0 Å². The average molecular weight is 495 g/mol. The van der Waals surface area contributed by atoms with Gasteiger partial charge < -0.3 is 5.32 Å². The number of hydrogen-bond acceptors (Lipinski definition) is 2. The monoisotopic (exact) mass is 492 g/mol. The maximum Gasteiger partial charge on any atom is 0.401 e. The molecule has 2 nitrogen and oxygen atoms in total. The van der Waals surface area contributed by atoms with Crippen molar-refractivity contribution in [3.8, 4) is 0 Å².